The van der Waals surface area contributed by atoms with Crippen molar-refractivity contribution in [2.24, 2.45) is 5.92 Å². The number of anilines is 1. The molecule has 2 aliphatic heterocycles. The first-order valence-electron chi connectivity index (χ1n) is 16.6. The maximum Gasteiger partial charge on any atom is 0.274 e. The van der Waals surface area contributed by atoms with Crippen LogP contribution in [0.5, 0.6) is 5.19 Å². The summed E-state index contributed by atoms with van der Waals surface area (Å²) in [5.74, 6) is -3.08. The van der Waals surface area contributed by atoms with Crippen molar-refractivity contribution < 1.29 is 36.3 Å². The van der Waals surface area contributed by atoms with Crippen molar-refractivity contribution in [2.75, 3.05) is 11.9 Å². The van der Waals surface area contributed by atoms with E-state index in [1.54, 1.807) is 18.2 Å². The third kappa shape index (κ3) is 7.28. The van der Waals surface area contributed by atoms with Gasteiger partial charge in [-0.3, -0.25) is 19.1 Å². The van der Waals surface area contributed by atoms with Gasteiger partial charge in [-0.15, -0.1) is 0 Å². The van der Waals surface area contributed by atoms with Crippen LogP contribution in [-0.2, 0) is 24.4 Å². The number of aromatic nitrogens is 1. The van der Waals surface area contributed by atoms with E-state index in [9.17, 15) is 31.6 Å². The molecule has 0 radical (unpaired) electrons. The molecule has 3 aromatic rings. The SMILES string of the molecule is O=C1N[C@]2(C(=O)NS(=O)(=O)C3CC3)C[C@H]2/C=C\CCCCC[C@H](Nc2cccc(F)c2)C(=O)N2C[C@H](Oc3nc4ccc(F)cc4s3)C[C@@H]12. The summed E-state index contributed by atoms with van der Waals surface area (Å²) in [5, 5.41) is 5.65. The highest BCUT2D eigenvalue weighted by Gasteiger charge is 2.62. The third-order valence-electron chi connectivity index (χ3n) is 9.61. The highest BCUT2D eigenvalue weighted by Crippen LogP contribution is 2.46. The fourth-order valence-electron chi connectivity index (χ4n) is 6.70. The van der Waals surface area contributed by atoms with Gasteiger partial charge in [-0.25, -0.2) is 22.2 Å². The Morgan fingerprint density at radius 1 is 1.06 bits per heavy atom. The van der Waals surface area contributed by atoms with Crippen LogP contribution in [0.1, 0.15) is 57.8 Å². The molecular weight excluding hydrogens is 677 g/mol. The topological polar surface area (TPSA) is 147 Å². The number of amides is 3. The highest BCUT2D eigenvalue weighted by atomic mass is 32.2. The van der Waals surface area contributed by atoms with E-state index in [-0.39, 0.29) is 24.6 Å². The number of thiazole rings is 1. The normalized spacial score (nSPS) is 28.4. The Balaban J connectivity index is 1.18. The summed E-state index contributed by atoms with van der Waals surface area (Å²) in [6, 6.07) is 8.15. The Labute approximate surface area is 286 Å². The van der Waals surface area contributed by atoms with E-state index in [1.165, 1.54) is 29.2 Å². The quantitative estimate of drug-likeness (QED) is 0.306. The molecule has 3 fully saturated rings. The van der Waals surface area contributed by atoms with Gasteiger partial charge in [0, 0.05) is 18.0 Å². The lowest BCUT2D eigenvalue weighted by atomic mass is 10.0. The summed E-state index contributed by atoms with van der Waals surface area (Å²) in [7, 11) is -3.88. The van der Waals surface area contributed by atoms with E-state index in [2.05, 4.69) is 20.3 Å². The van der Waals surface area contributed by atoms with Gasteiger partial charge in [-0.05, 0) is 74.9 Å². The van der Waals surface area contributed by atoms with Crippen LogP contribution in [0.25, 0.3) is 10.2 Å². The van der Waals surface area contributed by atoms with Gasteiger partial charge < -0.3 is 20.3 Å². The molecule has 2 saturated carbocycles. The molecule has 1 saturated heterocycles. The first-order valence-corrected chi connectivity index (χ1v) is 19.0. The first kappa shape index (κ1) is 33.4. The van der Waals surface area contributed by atoms with E-state index < -0.39 is 74.3 Å². The summed E-state index contributed by atoms with van der Waals surface area (Å²) in [5.41, 5.74) is -0.522. The van der Waals surface area contributed by atoms with Crippen molar-refractivity contribution in [2.45, 2.75) is 86.8 Å². The fourth-order valence-corrected chi connectivity index (χ4v) is 8.97. The lowest BCUT2D eigenvalue weighted by molar-refractivity contribution is -0.140. The monoisotopic (exact) mass is 713 g/mol. The number of carbonyl (C=O) groups excluding carboxylic acids is 3. The second-order valence-corrected chi connectivity index (χ2v) is 16.2. The molecule has 5 atom stereocenters. The van der Waals surface area contributed by atoms with Crippen molar-refractivity contribution in [3.8, 4) is 5.19 Å². The van der Waals surface area contributed by atoms with Crippen LogP contribution >= 0.6 is 11.3 Å². The summed E-state index contributed by atoms with van der Waals surface area (Å²) in [6.45, 7) is 0.0150. The third-order valence-corrected chi connectivity index (χ3v) is 12.3. The molecule has 1 aromatic heterocycles. The second kappa shape index (κ2) is 13.3. The number of sulfonamides is 1. The van der Waals surface area contributed by atoms with Crippen LogP contribution in [0.4, 0.5) is 14.5 Å². The summed E-state index contributed by atoms with van der Waals surface area (Å²) < 4.78 is 62.4. The number of hydrogen-bond acceptors (Lipinski definition) is 9. The van der Waals surface area contributed by atoms with E-state index in [4.69, 9.17) is 4.74 Å². The van der Waals surface area contributed by atoms with Gasteiger partial charge >= 0.3 is 0 Å². The van der Waals surface area contributed by atoms with E-state index in [0.717, 1.165) is 24.2 Å². The lowest BCUT2D eigenvalue weighted by Crippen LogP contribution is -2.57. The number of nitrogens with one attached hydrogen (secondary N) is 3. The summed E-state index contributed by atoms with van der Waals surface area (Å²) in [6.07, 6.45) is 7.81. The van der Waals surface area contributed by atoms with Crippen LogP contribution in [0, 0.1) is 17.6 Å². The highest BCUT2D eigenvalue weighted by molar-refractivity contribution is 7.91. The van der Waals surface area contributed by atoms with Gasteiger partial charge in [0.25, 0.3) is 11.1 Å². The molecule has 7 rings (SSSR count). The maximum atomic E-state index is 14.4. The maximum absolute atomic E-state index is 14.4. The minimum absolute atomic E-state index is 0.0150. The molecule has 3 heterocycles. The average Bonchev–Trinajstić information content (AvgIpc) is 3.95. The molecule has 3 amide bonds. The molecule has 2 aliphatic carbocycles. The molecule has 4 aliphatic rings. The van der Waals surface area contributed by atoms with Gasteiger partial charge in [0.2, 0.25) is 21.8 Å². The zero-order chi connectivity index (χ0) is 34.3. The molecular formula is C34H37F2N5O6S2. The minimum Gasteiger partial charge on any atom is -0.465 e. The zero-order valence-electron chi connectivity index (χ0n) is 26.6. The number of allylic oxidation sites excluding steroid dienone is 1. The fraction of sp³-hybridized carbons (Fsp3) is 0.471. The summed E-state index contributed by atoms with van der Waals surface area (Å²) in [4.78, 5) is 48.0. The van der Waals surface area contributed by atoms with E-state index in [0.29, 0.717) is 48.0 Å². The number of ether oxygens (including phenoxy) is 1. The number of fused-ring (bicyclic) bond motifs is 3. The predicted molar refractivity (Wildman–Crippen MR) is 179 cm³/mol. The number of halogens is 2. The molecule has 49 heavy (non-hydrogen) atoms. The number of carbonyl (C=O) groups is 3. The van der Waals surface area contributed by atoms with Crippen molar-refractivity contribution in [1.29, 1.82) is 0 Å². The summed E-state index contributed by atoms with van der Waals surface area (Å²) >= 11 is 1.14. The smallest absolute Gasteiger partial charge is 0.274 e. The van der Waals surface area contributed by atoms with Gasteiger partial charge in [0.05, 0.1) is 22.0 Å². The lowest BCUT2D eigenvalue weighted by Gasteiger charge is -2.30. The number of benzene rings is 2. The molecule has 0 spiro atoms. The molecule has 0 bridgehead atoms. The number of hydrogen-bond donors (Lipinski definition) is 3. The van der Waals surface area contributed by atoms with Crippen molar-refractivity contribution >= 4 is 55.0 Å². The van der Waals surface area contributed by atoms with Gasteiger partial charge in [-0.2, -0.15) is 0 Å². The van der Waals surface area contributed by atoms with Crippen LogP contribution < -0.4 is 20.1 Å². The Bertz CT molecular complexity index is 1920. The second-order valence-electron chi connectivity index (χ2n) is 13.3. The van der Waals surface area contributed by atoms with Gasteiger partial charge in [0.15, 0.2) is 0 Å². The molecule has 15 heteroatoms. The molecule has 260 valence electrons. The van der Waals surface area contributed by atoms with Crippen LogP contribution in [0.2, 0.25) is 0 Å². The Kier molecular flexibility index (Phi) is 9.07. The van der Waals surface area contributed by atoms with Crippen molar-refractivity contribution in [1.82, 2.24) is 19.9 Å². The van der Waals surface area contributed by atoms with Gasteiger partial charge in [0.1, 0.15) is 35.4 Å². The number of rotatable bonds is 7. The Morgan fingerprint density at radius 2 is 1.88 bits per heavy atom. The van der Waals surface area contributed by atoms with Gasteiger partial charge in [-0.1, -0.05) is 42.4 Å². The van der Waals surface area contributed by atoms with Crippen LogP contribution in [-0.4, -0.2) is 71.5 Å². The molecule has 2 aromatic carbocycles. The van der Waals surface area contributed by atoms with Crippen molar-refractivity contribution in [3.63, 3.8) is 0 Å². The standard InChI is InChI=1S/C34H37F2N5O6S2/c35-21-8-6-9-23(15-21)37-27-10-5-3-1-2-4-7-20-18-34(20,32(44)40-49(45,46)25-12-13-25)39-30(42)28-17-24(19-41(28)31(27)43)47-33-38-26-14-11-22(36)16-29(26)48-33/h4,6-9,11,14-16,20,24-25,27-28,37H,1-3,5,10,12-13,17-19H2,(H,39,42)(H,40,44)/b7-4-/t20-,24-,27+,28+,34-/m1/s1. The predicted octanol–water partition coefficient (Wildman–Crippen LogP) is 4.41. The molecule has 11 nitrogen and oxygen atoms in total. The first-order chi connectivity index (χ1) is 23.5. The van der Waals surface area contributed by atoms with E-state index in [1.807, 2.05) is 12.2 Å². The zero-order valence-corrected chi connectivity index (χ0v) is 28.2. The Hall–Kier alpha value is -4.11. The average molecular weight is 714 g/mol. The molecule has 0 unspecified atom stereocenters. The van der Waals surface area contributed by atoms with Crippen molar-refractivity contribution in [3.05, 3.63) is 66.3 Å². The minimum atomic E-state index is -3.88. The molecule has 3 N–H and O–H groups in total. The number of nitrogens with zero attached hydrogens (tertiary/aromatic N) is 2. The van der Waals surface area contributed by atoms with Crippen LogP contribution in [0.3, 0.4) is 0 Å². The van der Waals surface area contributed by atoms with E-state index >= 15 is 0 Å². The Morgan fingerprint density at radius 3 is 2.67 bits per heavy atom. The van der Waals surface area contributed by atoms with Crippen LogP contribution in [0.15, 0.2) is 54.6 Å². The largest absolute Gasteiger partial charge is 0.465 e.